The molecule has 0 bridgehead atoms. The summed E-state index contributed by atoms with van der Waals surface area (Å²) in [6.45, 7) is 6.47. The van der Waals surface area contributed by atoms with E-state index in [1.807, 2.05) is 12.1 Å². The Morgan fingerprint density at radius 2 is 2.26 bits per heavy atom. The number of hydrogen-bond donors (Lipinski definition) is 1. The summed E-state index contributed by atoms with van der Waals surface area (Å²) in [5.41, 5.74) is 2.48. The van der Waals surface area contributed by atoms with Crippen molar-refractivity contribution in [1.29, 1.82) is 0 Å². The molecule has 19 heavy (non-hydrogen) atoms. The van der Waals surface area contributed by atoms with Crippen molar-refractivity contribution in [3.05, 3.63) is 35.4 Å². The second-order valence-corrected chi connectivity index (χ2v) is 5.06. The lowest BCUT2D eigenvalue weighted by molar-refractivity contribution is -0.142. The van der Waals surface area contributed by atoms with Gasteiger partial charge in [-0.2, -0.15) is 0 Å². The molecule has 2 atom stereocenters. The smallest absolute Gasteiger partial charge is 0.307 e. The van der Waals surface area contributed by atoms with Gasteiger partial charge in [-0.3, -0.25) is 9.69 Å². The highest BCUT2D eigenvalue weighted by Crippen LogP contribution is 2.29. The van der Waals surface area contributed by atoms with Gasteiger partial charge in [0.1, 0.15) is 0 Å². The average Bonchev–Trinajstić information content (AvgIpc) is 2.44. The van der Waals surface area contributed by atoms with Crippen LogP contribution in [0.1, 0.15) is 31.0 Å². The first-order valence-corrected chi connectivity index (χ1v) is 6.75. The van der Waals surface area contributed by atoms with Gasteiger partial charge in [0, 0.05) is 6.54 Å². The van der Waals surface area contributed by atoms with Crippen molar-refractivity contribution in [2.75, 3.05) is 19.7 Å². The van der Waals surface area contributed by atoms with Gasteiger partial charge in [0.25, 0.3) is 0 Å². The monoisotopic (exact) mass is 263 g/mol. The van der Waals surface area contributed by atoms with Crippen molar-refractivity contribution in [3.63, 3.8) is 0 Å². The third-order valence-electron chi connectivity index (χ3n) is 3.72. The second-order valence-electron chi connectivity index (χ2n) is 5.06. The lowest BCUT2D eigenvalue weighted by Crippen LogP contribution is -2.38. The Balaban J connectivity index is 2.18. The van der Waals surface area contributed by atoms with Crippen LogP contribution >= 0.6 is 0 Å². The number of benzene rings is 1. The SMILES string of the molecule is CCN(CC(C)C(=O)O)C1COCc2ccccc21. The molecule has 0 spiro atoms. The van der Waals surface area contributed by atoms with Crippen LogP contribution in [0.5, 0.6) is 0 Å². The Labute approximate surface area is 114 Å². The van der Waals surface area contributed by atoms with Gasteiger partial charge in [-0.15, -0.1) is 0 Å². The molecule has 0 amide bonds. The van der Waals surface area contributed by atoms with Crippen LogP contribution in [0.3, 0.4) is 0 Å². The van der Waals surface area contributed by atoms with E-state index in [2.05, 4.69) is 24.0 Å². The van der Waals surface area contributed by atoms with E-state index in [0.29, 0.717) is 19.8 Å². The van der Waals surface area contributed by atoms with Crippen molar-refractivity contribution in [1.82, 2.24) is 4.90 Å². The van der Waals surface area contributed by atoms with E-state index in [1.54, 1.807) is 6.92 Å². The van der Waals surface area contributed by atoms with Gasteiger partial charge >= 0.3 is 5.97 Å². The molecule has 1 N–H and O–H groups in total. The summed E-state index contributed by atoms with van der Waals surface area (Å²) in [7, 11) is 0. The molecule has 4 nitrogen and oxygen atoms in total. The number of hydrogen-bond acceptors (Lipinski definition) is 3. The Bertz CT molecular complexity index is 447. The van der Waals surface area contributed by atoms with Crippen LogP contribution in [0.25, 0.3) is 0 Å². The highest BCUT2D eigenvalue weighted by Gasteiger charge is 2.27. The molecule has 4 heteroatoms. The average molecular weight is 263 g/mol. The van der Waals surface area contributed by atoms with Crippen LogP contribution in [-0.4, -0.2) is 35.7 Å². The van der Waals surface area contributed by atoms with E-state index < -0.39 is 5.97 Å². The lowest BCUT2D eigenvalue weighted by Gasteiger charge is -2.35. The minimum atomic E-state index is -0.747. The van der Waals surface area contributed by atoms with E-state index in [1.165, 1.54) is 11.1 Å². The molecule has 1 aliphatic rings. The molecular formula is C15H21NO3. The van der Waals surface area contributed by atoms with Gasteiger partial charge in [0.2, 0.25) is 0 Å². The Morgan fingerprint density at radius 3 is 2.95 bits per heavy atom. The number of carbonyl (C=O) groups is 1. The summed E-state index contributed by atoms with van der Waals surface area (Å²) >= 11 is 0. The first-order valence-electron chi connectivity index (χ1n) is 6.75. The molecule has 1 aliphatic heterocycles. The molecule has 1 heterocycles. The molecule has 104 valence electrons. The summed E-state index contributed by atoms with van der Waals surface area (Å²) in [4.78, 5) is 13.2. The number of carboxylic acid groups (broad SMARTS) is 1. The molecule has 1 aromatic rings. The molecular weight excluding hydrogens is 242 g/mol. The van der Waals surface area contributed by atoms with Gasteiger partial charge in [0.15, 0.2) is 0 Å². The maximum Gasteiger partial charge on any atom is 0.307 e. The van der Waals surface area contributed by atoms with Crippen LogP contribution < -0.4 is 0 Å². The van der Waals surface area contributed by atoms with Crippen LogP contribution in [-0.2, 0) is 16.1 Å². The highest BCUT2D eigenvalue weighted by molar-refractivity contribution is 5.69. The molecule has 0 saturated heterocycles. The van der Waals surface area contributed by atoms with E-state index in [4.69, 9.17) is 9.84 Å². The van der Waals surface area contributed by atoms with Crippen LogP contribution in [0.2, 0.25) is 0 Å². The molecule has 0 saturated carbocycles. The van der Waals surface area contributed by atoms with Crippen molar-refractivity contribution >= 4 is 5.97 Å². The van der Waals surface area contributed by atoms with Crippen LogP contribution in [0.4, 0.5) is 0 Å². The van der Waals surface area contributed by atoms with Crippen LogP contribution in [0.15, 0.2) is 24.3 Å². The summed E-state index contributed by atoms with van der Waals surface area (Å²) in [5, 5.41) is 9.06. The quantitative estimate of drug-likeness (QED) is 0.885. The summed E-state index contributed by atoms with van der Waals surface area (Å²) in [6, 6.07) is 8.41. The first kappa shape index (κ1) is 14.0. The third-order valence-corrected chi connectivity index (χ3v) is 3.72. The predicted molar refractivity (Wildman–Crippen MR) is 72.9 cm³/mol. The van der Waals surface area contributed by atoms with Gasteiger partial charge in [0.05, 0.1) is 25.2 Å². The zero-order valence-electron chi connectivity index (χ0n) is 11.5. The fourth-order valence-corrected chi connectivity index (χ4v) is 2.57. The number of nitrogens with zero attached hydrogens (tertiary/aromatic N) is 1. The minimum Gasteiger partial charge on any atom is -0.481 e. The zero-order chi connectivity index (χ0) is 13.8. The molecule has 0 aromatic heterocycles. The molecule has 2 rings (SSSR count). The normalized spacial score (nSPS) is 20.1. The summed E-state index contributed by atoms with van der Waals surface area (Å²) in [6.07, 6.45) is 0. The third kappa shape index (κ3) is 3.14. The van der Waals surface area contributed by atoms with E-state index in [9.17, 15) is 4.79 Å². The van der Waals surface area contributed by atoms with Gasteiger partial charge in [-0.1, -0.05) is 38.1 Å². The van der Waals surface area contributed by atoms with Crippen molar-refractivity contribution < 1.29 is 14.6 Å². The number of likely N-dealkylation sites (N-methyl/N-ethyl adjacent to an activating group) is 1. The maximum atomic E-state index is 11.0. The largest absolute Gasteiger partial charge is 0.481 e. The first-order chi connectivity index (χ1) is 9.13. The standard InChI is InChI=1S/C15H21NO3/c1-3-16(8-11(2)15(17)18)14-10-19-9-12-6-4-5-7-13(12)14/h4-7,11,14H,3,8-10H2,1-2H3,(H,17,18). The molecule has 0 aliphatic carbocycles. The number of carboxylic acids is 1. The lowest BCUT2D eigenvalue weighted by atomic mass is 9.97. The van der Waals surface area contributed by atoms with Crippen LogP contribution in [0, 0.1) is 5.92 Å². The number of rotatable bonds is 5. The van der Waals surface area contributed by atoms with Gasteiger partial charge in [-0.25, -0.2) is 0 Å². The predicted octanol–water partition coefficient (Wildman–Crippen LogP) is 2.30. The molecule has 0 fully saturated rings. The van der Waals surface area contributed by atoms with E-state index >= 15 is 0 Å². The molecule has 1 aromatic carbocycles. The number of fused-ring (bicyclic) bond motifs is 1. The summed E-state index contributed by atoms with van der Waals surface area (Å²) in [5.74, 6) is -1.11. The Kier molecular flexibility index (Phi) is 4.56. The van der Waals surface area contributed by atoms with E-state index in [0.717, 1.165) is 6.54 Å². The summed E-state index contributed by atoms with van der Waals surface area (Å²) < 4.78 is 5.64. The Morgan fingerprint density at radius 1 is 1.53 bits per heavy atom. The fourth-order valence-electron chi connectivity index (χ4n) is 2.57. The topological polar surface area (TPSA) is 49.8 Å². The van der Waals surface area contributed by atoms with E-state index in [-0.39, 0.29) is 12.0 Å². The zero-order valence-corrected chi connectivity index (χ0v) is 11.5. The van der Waals surface area contributed by atoms with Crippen molar-refractivity contribution in [3.8, 4) is 0 Å². The maximum absolute atomic E-state index is 11.0. The minimum absolute atomic E-state index is 0.164. The number of ether oxygens (including phenoxy) is 1. The van der Waals surface area contributed by atoms with Gasteiger partial charge < -0.3 is 9.84 Å². The highest BCUT2D eigenvalue weighted by atomic mass is 16.5. The Hall–Kier alpha value is -1.39. The molecule has 0 radical (unpaired) electrons. The van der Waals surface area contributed by atoms with Gasteiger partial charge in [-0.05, 0) is 17.7 Å². The van der Waals surface area contributed by atoms with Crippen molar-refractivity contribution in [2.24, 2.45) is 5.92 Å². The van der Waals surface area contributed by atoms with Crippen molar-refractivity contribution in [2.45, 2.75) is 26.5 Å². The molecule has 2 unspecified atom stereocenters. The number of aliphatic carboxylic acids is 1. The second kappa shape index (κ2) is 6.17. The fraction of sp³-hybridized carbons (Fsp3) is 0.533.